The standard InChI is InChI=1S/C21H27NO2/c1-5-17-11-13-18(14-12-17)16(4)22-21(23)19(6-2)24-20-10-8-7-9-15(20)3/h7-14,16,19H,5-6H2,1-4H3,(H,22,23)/t16-,19+/m1/s1. The van der Waals surface area contributed by atoms with Gasteiger partial charge in [0.2, 0.25) is 0 Å². The van der Waals surface area contributed by atoms with Gasteiger partial charge in [0.05, 0.1) is 6.04 Å². The zero-order chi connectivity index (χ0) is 17.5. The number of amides is 1. The maximum atomic E-state index is 12.6. The highest BCUT2D eigenvalue weighted by Gasteiger charge is 2.21. The van der Waals surface area contributed by atoms with Crippen molar-refractivity contribution in [2.45, 2.75) is 52.7 Å². The Kier molecular flexibility index (Phi) is 6.42. The molecule has 0 aliphatic rings. The van der Waals surface area contributed by atoms with Crippen molar-refractivity contribution in [1.82, 2.24) is 5.32 Å². The van der Waals surface area contributed by atoms with Crippen LogP contribution in [0.1, 0.15) is 49.9 Å². The molecule has 3 nitrogen and oxygen atoms in total. The average molecular weight is 325 g/mol. The first-order valence-corrected chi connectivity index (χ1v) is 8.66. The fraction of sp³-hybridized carbons (Fsp3) is 0.381. The van der Waals surface area contributed by atoms with E-state index in [0.29, 0.717) is 6.42 Å². The van der Waals surface area contributed by atoms with E-state index in [4.69, 9.17) is 4.74 Å². The average Bonchev–Trinajstić information content (AvgIpc) is 2.61. The number of ether oxygens (including phenoxy) is 1. The first-order valence-electron chi connectivity index (χ1n) is 8.66. The van der Waals surface area contributed by atoms with Gasteiger partial charge in [0.25, 0.3) is 5.91 Å². The van der Waals surface area contributed by atoms with Crippen molar-refractivity contribution in [2.24, 2.45) is 0 Å². The molecule has 1 N–H and O–H groups in total. The minimum atomic E-state index is -0.483. The van der Waals surface area contributed by atoms with Gasteiger partial charge in [-0.1, -0.05) is 56.3 Å². The molecule has 1 amide bonds. The highest BCUT2D eigenvalue weighted by molar-refractivity contribution is 5.81. The molecule has 2 rings (SSSR count). The van der Waals surface area contributed by atoms with Crippen LogP contribution in [0.25, 0.3) is 0 Å². The number of rotatable bonds is 7. The molecule has 2 aromatic rings. The van der Waals surface area contributed by atoms with Gasteiger partial charge in [-0.15, -0.1) is 0 Å². The van der Waals surface area contributed by atoms with Gasteiger partial charge in [0.15, 0.2) is 6.10 Å². The topological polar surface area (TPSA) is 38.3 Å². The monoisotopic (exact) mass is 325 g/mol. The number of hydrogen-bond donors (Lipinski definition) is 1. The van der Waals surface area contributed by atoms with E-state index in [9.17, 15) is 4.79 Å². The molecule has 24 heavy (non-hydrogen) atoms. The van der Waals surface area contributed by atoms with Crippen molar-refractivity contribution in [2.75, 3.05) is 0 Å². The van der Waals surface area contributed by atoms with E-state index in [1.165, 1.54) is 5.56 Å². The number of nitrogens with one attached hydrogen (secondary N) is 1. The zero-order valence-electron chi connectivity index (χ0n) is 15.0. The smallest absolute Gasteiger partial charge is 0.261 e. The summed E-state index contributed by atoms with van der Waals surface area (Å²) in [5.74, 6) is 0.687. The lowest BCUT2D eigenvalue weighted by Gasteiger charge is -2.21. The lowest BCUT2D eigenvalue weighted by molar-refractivity contribution is -0.128. The molecule has 0 aliphatic carbocycles. The van der Waals surface area contributed by atoms with Crippen LogP contribution >= 0.6 is 0 Å². The summed E-state index contributed by atoms with van der Waals surface area (Å²) in [5, 5.41) is 3.06. The molecule has 0 unspecified atom stereocenters. The molecule has 0 aromatic heterocycles. The molecular formula is C21H27NO2. The second-order valence-electron chi connectivity index (χ2n) is 6.11. The van der Waals surface area contributed by atoms with E-state index >= 15 is 0 Å². The number of para-hydroxylation sites is 1. The third kappa shape index (κ3) is 4.60. The van der Waals surface area contributed by atoms with Crippen LogP contribution in [-0.4, -0.2) is 12.0 Å². The van der Waals surface area contributed by atoms with Gasteiger partial charge in [-0.2, -0.15) is 0 Å². The summed E-state index contributed by atoms with van der Waals surface area (Å²) < 4.78 is 5.92. The molecule has 0 aliphatic heterocycles. The number of carbonyl (C=O) groups is 1. The van der Waals surface area contributed by atoms with Gasteiger partial charge in [-0.25, -0.2) is 0 Å². The van der Waals surface area contributed by atoms with Crippen LogP contribution in [-0.2, 0) is 11.2 Å². The van der Waals surface area contributed by atoms with Crippen molar-refractivity contribution < 1.29 is 9.53 Å². The normalized spacial score (nSPS) is 13.2. The Morgan fingerprint density at radius 2 is 1.75 bits per heavy atom. The van der Waals surface area contributed by atoms with Gasteiger partial charge >= 0.3 is 0 Å². The van der Waals surface area contributed by atoms with E-state index < -0.39 is 6.10 Å². The van der Waals surface area contributed by atoms with E-state index in [1.807, 2.05) is 45.0 Å². The molecule has 2 aromatic carbocycles. The van der Waals surface area contributed by atoms with Gasteiger partial charge in [-0.3, -0.25) is 4.79 Å². The van der Waals surface area contributed by atoms with E-state index in [0.717, 1.165) is 23.3 Å². The van der Waals surface area contributed by atoms with Crippen LogP contribution in [0.5, 0.6) is 5.75 Å². The minimum Gasteiger partial charge on any atom is -0.480 e. The van der Waals surface area contributed by atoms with Crippen molar-refractivity contribution in [3.63, 3.8) is 0 Å². The predicted molar refractivity (Wildman–Crippen MR) is 98.3 cm³/mol. The summed E-state index contributed by atoms with van der Waals surface area (Å²) >= 11 is 0. The van der Waals surface area contributed by atoms with Crippen LogP contribution in [0, 0.1) is 6.92 Å². The summed E-state index contributed by atoms with van der Waals surface area (Å²) in [6.45, 7) is 8.08. The summed E-state index contributed by atoms with van der Waals surface area (Å²) in [4.78, 5) is 12.6. The second kappa shape index (κ2) is 8.53. The minimum absolute atomic E-state index is 0.0436. The fourth-order valence-corrected chi connectivity index (χ4v) is 2.60. The Labute approximate surface area is 145 Å². The number of benzene rings is 2. The molecule has 0 bridgehead atoms. The summed E-state index contributed by atoms with van der Waals surface area (Å²) in [6.07, 6.45) is 1.16. The number of carbonyl (C=O) groups excluding carboxylic acids is 1. The van der Waals surface area contributed by atoms with Crippen molar-refractivity contribution >= 4 is 5.91 Å². The molecule has 2 atom stereocenters. The van der Waals surface area contributed by atoms with Crippen molar-refractivity contribution in [3.05, 3.63) is 65.2 Å². The molecule has 3 heteroatoms. The van der Waals surface area contributed by atoms with Gasteiger partial charge in [-0.05, 0) is 49.4 Å². The quantitative estimate of drug-likeness (QED) is 0.808. The lowest BCUT2D eigenvalue weighted by Crippen LogP contribution is -2.39. The van der Waals surface area contributed by atoms with Crippen LogP contribution in [0.4, 0.5) is 0 Å². The van der Waals surface area contributed by atoms with Crippen LogP contribution in [0.3, 0.4) is 0 Å². The maximum Gasteiger partial charge on any atom is 0.261 e. The molecule has 0 heterocycles. The SMILES string of the molecule is CCc1ccc([C@@H](C)NC(=O)[C@H](CC)Oc2ccccc2C)cc1. The Morgan fingerprint density at radius 3 is 2.33 bits per heavy atom. The first kappa shape index (κ1) is 18.1. The van der Waals surface area contributed by atoms with Crippen LogP contribution in [0.15, 0.2) is 48.5 Å². The van der Waals surface area contributed by atoms with E-state index in [1.54, 1.807) is 0 Å². The molecular weight excluding hydrogens is 298 g/mol. The van der Waals surface area contributed by atoms with E-state index in [-0.39, 0.29) is 11.9 Å². The Bertz CT molecular complexity index is 664. The number of aryl methyl sites for hydroxylation is 2. The summed E-state index contributed by atoms with van der Waals surface area (Å²) in [6, 6.07) is 16.1. The van der Waals surface area contributed by atoms with Gasteiger partial charge < -0.3 is 10.1 Å². The molecule has 0 radical (unpaired) electrons. The fourth-order valence-electron chi connectivity index (χ4n) is 2.60. The second-order valence-corrected chi connectivity index (χ2v) is 6.11. The first-order chi connectivity index (χ1) is 11.5. The van der Waals surface area contributed by atoms with Crippen LogP contribution < -0.4 is 10.1 Å². The molecule has 128 valence electrons. The zero-order valence-corrected chi connectivity index (χ0v) is 15.0. The van der Waals surface area contributed by atoms with Crippen LogP contribution in [0.2, 0.25) is 0 Å². The molecule has 0 saturated carbocycles. The molecule has 0 saturated heterocycles. The maximum absolute atomic E-state index is 12.6. The third-order valence-corrected chi connectivity index (χ3v) is 4.27. The lowest BCUT2D eigenvalue weighted by atomic mass is 10.0. The molecule has 0 spiro atoms. The number of hydrogen-bond acceptors (Lipinski definition) is 2. The highest BCUT2D eigenvalue weighted by atomic mass is 16.5. The van der Waals surface area contributed by atoms with Crippen molar-refractivity contribution in [3.8, 4) is 5.75 Å². The van der Waals surface area contributed by atoms with Gasteiger partial charge in [0, 0.05) is 0 Å². The van der Waals surface area contributed by atoms with Gasteiger partial charge in [0.1, 0.15) is 5.75 Å². The summed E-state index contributed by atoms with van der Waals surface area (Å²) in [5.41, 5.74) is 3.44. The summed E-state index contributed by atoms with van der Waals surface area (Å²) in [7, 11) is 0. The molecule has 0 fully saturated rings. The third-order valence-electron chi connectivity index (χ3n) is 4.27. The predicted octanol–water partition coefficient (Wildman–Crippen LogP) is 4.59. The van der Waals surface area contributed by atoms with Crippen molar-refractivity contribution in [1.29, 1.82) is 0 Å². The Morgan fingerprint density at radius 1 is 1.08 bits per heavy atom. The highest BCUT2D eigenvalue weighted by Crippen LogP contribution is 2.20. The Hall–Kier alpha value is -2.29. The van der Waals surface area contributed by atoms with E-state index in [2.05, 4.69) is 36.5 Å². The Balaban J connectivity index is 2.01. The largest absolute Gasteiger partial charge is 0.480 e.